The summed E-state index contributed by atoms with van der Waals surface area (Å²) in [4.78, 5) is 7.01. The molecule has 1 aliphatic rings. The quantitative estimate of drug-likeness (QED) is 0.843. The van der Waals surface area contributed by atoms with Crippen LogP contribution >= 0.6 is 0 Å². The number of nitrogens with zero attached hydrogens (tertiary/aromatic N) is 4. The number of aromatic nitrogens is 3. The van der Waals surface area contributed by atoms with E-state index >= 15 is 0 Å². The molecular formula is C19H26N4O. The molecule has 0 radical (unpaired) electrons. The summed E-state index contributed by atoms with van der Waals surface area (Å²) in [5, 5.41) is 8.72. The molecule has 128 valence electrons. The maximum Gasteiger partial charge on any atom is 0.245 e. The van der Waals surface area contributed by atoms with Gasteiger partial charge in [0.25, 0.3) is 0 Å². The van der Waals surface area contributed by atoms with Gasteiger partial charge in [0.15, 0.2) is 0 Å². The average Bonchev–Trinajstić information content (AvgIpc) is 2.67. The van der Waals surface area contributed by atoms with Crippen LogP contribution in [0.4, 0.5) is 5.95 Å². The molecule has 2 aromatic rings. The highest BCUT2D eigenvalue weighted by atomic mass is 16.5. The van der Waals surface area contributed by atoms with Crippen molar-refractivity contribution in [3.8, 4) is 5.75 Å². The van der Waals surface area contributed by atoms with E-state index in [1.165, 1.54) is 5.56 Å². The molecule has 5 nitrogen and oxygen atoms in total. The molecule has 24 heavy (non-hydrogen) atoms. The molecule has 0 N–H and O–H groups in total. The Kier molecular flexibility index (Phi) is 5.28. The minimum Gasteiger partial charge on any atom is -0.497 e. The Bertz CT molecular complexity index is 681. The van der Waals surface area contributed by atoms with Crippen LogP contribution < -0.4 is 9.64 Å². The van der Waals surface area contributed by atoms with Crippen LogP contribution in [0.15, 0.2) is 24.3 Å². The number of aryl methyl sites for hydroxylation is 2. The number of anilines is 1. The van der Waals surface area contributed by atoms with Gasteiger partial charge in [-0.3, -0.25) is 0 Å². The monoisotopic (exact) mass is 326 g/mol. The van der Waals surface area contributed by atoms with E-state index in [4.69, 9.17) is 9.72 Å². The smallest absolute Gasteiger partial charge is 0.245 e. The third-order valence-electron chi connectivity index (χ3n) is 4.84. The summed E-state index contributed by atoms with van der Waals surface area (Å²) in [6.45, 7) is 6.17. The predicted octanol–water partition coefficient (Wildman–Crippen LogP) is 3.39. The lowest BCUT2D eigenvalue weighted by atomic mass is 9.89. The van der Waals surface area contributed by atoms with Crippen molar-refractivity contribution < 1.29 is 4.74 Å². The molecule has 0 unspecified atom stereocenters. The molecule has 0 aliphatic carbocycles. The molecule has 1 saturated heterocycles. The highest BCUT2D eigenvalue weighted by molar-refractivity contribution is 5.35. The van der Waals surface area contributed by atoms with Crippen molar-refractivity contribution in [3.05, 3.63) is 41.2 Å². The van der Waals surface area contributed by atoms with E-state index in [-0.39, 0.29) is 0 Å². The molecular weight excluding hydrogens is 300 g/mol. The second-order valence-corrected chi connectivity index (χ2v) is 6.25. The number of piperidine rings is 1. The van der Waals surface area contributed by atoms with Crippen molar-refractivity contribution in [2.45, 2.75) is 45.4 Å². The highest BCUT2D eigenvalue weighted by Gasteiger charge is 2.23. The van der Waals surface area contributed by atoms with Crippen molar-refractivity contribution in [1.29, 1.82) is 0 Å². The zero-order valence-corrected chi connectivity index (χ0v) is 14.8. The van der Waals surface area contributed by atoms with E-state index in [0.717, 1.165) is 61.9 Å². The molecule has 0 atom stereocenters. The molecule has 5 heteroatoms. The van der Waals surface area contributed by atoms with E-state index in [2.05, 4.69) is 47.1 Å². The summed E-state index contributed by atoms with van der Waals surface area (Å²) in [7, 11) is 1.72. The van der Waals surface area contributed by atoms with Crippen LogP contribution in [-0.2, 0) is 12.8 Å². The van der Waals surface area contributed by atoms with Crippen molar-refractivity contribution in [3.63, 3.8) is 0 Å². The van der Waals surface area contributed by atoms with Gasteiger partial charge in [-0.2, -0.15) is 5.10 Å². The van der Waals surface area contributed by atoms with Gasteiger partial charge in [-0.25, -0.2) is 4.98 Å². The highest BCUT2D eigenvalue weighted by Crippen LogP contribution is 2.31. The summed E-state index contributed by atoms with van der Waals surface area (Å²) in [6, 6.07) is 8.43. The Balaban J connectivity index is 1.68. The van der Waals surface area contributed by atoms with E-state index in [1.54, 1.807) is 7.11 Å². The van der Waals surface area contributed by atoms with Crippen LogP contribution in [-0.4, -0.2) is 35.4 Å². The molecule has 0 amide bonds. The lowest BCUT2D eigenvalue weighted by molar-refractivity contribution is 0.412. The molecule has 1 aliphatic heterocycles. The molecule has 3 rings (SSSR count). The maximum atomic E-state index is 5.34. The number of benzene rings is 1. The van der Waals surface area contributed by atoms with Crippen LogP contribution in [0.3, 0.4) is 0 Å². The SMILES string of the molecule is CCc1nnc(N2CCC(c3cccc(OC)c3)CC2)nc1CC. The average molecular weight is 326 g/mol. The maximum absolute atomic E-state index is 5.34. The minimum absolute atomic E-state index is 0.574. The normalized spacial score (nSPS) is 15.5. The van der Waals surface area contributed by atoms with Crippen molar-refractivity contribution >= 4 is 5.95 Å². The van der Waals surface area contributed by atoms with Crippen molar-refractivity contribution in [2.24, 2.45) is 0 Å². The van der Waals surface area contributed by atoms with Crippen LogP contribution in [0.1, 0.15) is 49.6 Å². The largest absolute Gasteiger partial charge is 0.497 e. The molecule has 2 heterocycles. The van der Waals surface area contributed by atoms with E-state index in [1.807, 2.05) is 6.07 Å². The van der Waals surface area contributed by atoms with E-state index in [9.17, 15) is 0 Å². The fourth-order valence-electron chi connectivity index (χ4n) is 3.37. The van der Waals surface area contributed by atoms with Gasteiger partial charge in [0.2, 0.25) is 5.95 Å². The second kappa shape index (κ2) is 7.60. The third kappa shape index (κ3) is 3.50. The molecule has 0 spiro atoms. The second-order valence-electron chi connectivity index (χ2n) is 6.25. The zero-order valence-electron chi connectivity index (χ0n) is 14.8. The number of rotatable bonds is 5. The van der Waals surface area contributed by atoms with Gasteiger partial charge < -0.3 is 9.64 Å². The Labute approximate surface area is 144 Å². The molecule has 0 saturated carbocycles. The summed E-state index contributed by atoms with van der Waals surface area (Å²) in [6.07, 6.45) is 4.01. The Morgan fingerprint density at radius 2 is 1.83 bits per heavy atom. The van der Waals surface area contributed by atoms with Gasteiger partial charge in [-0.15, -0.1) is 5.10 Å². The van der Waals surface area contributed by atoms with Crippen LogP contribution in [0, 0.1) is 0 Å². The Morgan fingerprint density at radius 3 is 2.50 bits per heavy atom. The molecule has 0 bridgehead atoms. The molecule has 1 aromatic heterocycles. The Hall–Kier alpha value is -2.17. The summed E-state index contributed by atoms with van der Waals surface area (Å²) in [5.41, 5.74) is 3.47. The van der Waals surface area contributed by atoms with Gasteiger partial charge in [-0.1, -0.05) is 26.0 Å². The zero-order chi connectivity index (χ0) is 16.9. The Morgan fingerprint density at radius 1 is 1.08 bits per heavy atom. The third-order valence-corrected chi connectivity index (χ3v) is 4.84. The van der Waals surface area contributed by atoms with E-state index in [0.29, 0.717) is 5.92 Å². The lowest BCUT2D eigenvalue weighted by Crippen LogP contribution is -2.34. The first kappa shape index (κ1) is 16.7. The van der Waals surface area contributed by atoms with Gasteiger partial charge in [-0.05, 0) is 49.3 Å². The lowest BCUT2D eigenvalue weighted by Gasteiger charge is -2.32. The summed E-state index contributed by atoms with van der Waals surface area (Å²) in [5.74, 6) is 2.29. The number of hydrogen-bond donors (Lipinski definition) is 0. The van der Waals surface area contributed by atoms with Crippen molar-refractivity contribution in [2.75, 3.05) is 25.1 Å². The van der Waals surface area contributed by atoms with Crippen LogP contribution in [0.5, 0.6) is 5.75 Å². The van der Waals surface area contributed by atoms with Gasteiger partial charge in [0.1, 0.15) is 5.75 Å². The first-order chi connectivity index (χ1) is 11.7. The number of methoxy groups -OCH3 is 1. The summed E-state index contributed by atoms with van der Waals surface area (Å²) < 4.78 is 5.34. The topological polar surface area (TPSA) is 51.1 Å². The van der Waals surface area contributed by atoms with Gasteiger partial charge in [0.05, 0.1) is 18.5 Å². The van der Waals surface area contributed by atoms with Gasteiger partial charge in [0, 0.05) is 13.1 Å². The predicted molar refractivity (Wildman–Crippen MR) is 95.8 cm³/mol. The first-order valence-electron chi connectivity index (χ1n) is 8.86. The summed E-state index contributed by atoms with van der Waals surface area (Å²) >= 11 is 0. The first-order valence-corrected chi connectivity index (χ1v) is 8.86. The van der Waals surface area contributed by atoms with E-state index < -0.39 is 0 Å². The number of ether oxygens (including phenoxy) is 1. The molecule has 1 aromatic carbocycles. The van der Waals surface area contributed by atoms with Crippen LogP contribution in [0.2, 0.25) is 0 Å². The van der Waals surface area contributed by atoms with Gasteiger partial charge >= 0.3 is 0 Å². The van der Waals surface area contributed by atoms with Crippen LogP contribution in [0.25, 0.3) is 0 Å². The fourth-order valence-corrected chi connectivity index (χ4v) is 3.37. The number of hydrogen-bond acceptors (Lipinski definition) is 5. The minimum atomic E-state index is 0.574. The fraction of sp³-hybridized carbons (Fsp3) is 0.526. The standard InChI is InChI=1S/C19H26N4O/c1-4-17-18(5-2)21-22-19(20-17)23-11-9-14(10-12-23)15-7-6-8-16(13-15)24-3/h6-8,13-14H,4-5,9-12H2,1-3H3. The van der Waals surface area contributed by atoms with Crippen molar-refractivity contribution in [1.82, 2.24) is 15.2 Å². The molecule has 1 fully saturated rings.